The molecule has 0 spiro atoms. The molecule has 19 heavy (non-hydrogen) atoms. The van der Waals surface area contributed by atoms with E-state index >= 15 is 0 Å². The van der Waals surface area contributed by atoms with Crippen molar-refractivity contribution in [2.24, 2.45) is 5.92 Å². The third-order valence-electron chi connectivity index (χ3n) is 3.19. The van der Waals surface area contributed by atoms with Crippen molar-refractivity contribution in [3.05, 3.63) is 39.4 Å². The van der Waals surface area contributed by atoms with Crippen LogP contribution < -0.4 is 0 Å². The minimum Gasteiger partial charge on any atom is -0.338 e. The van der Waals surface area contributed by atoms with Gasteiger partial charge in [0, 0.05) is 19.2 Å². The van der Waals surface area contributed by atoms with Gasteiger partial charge in [0.2, 0.25) is 5.82 Å². The van der Waals surface area contributed by atoms with Crippen LogP contribution in [0.2, 0.25) is 0 Å². The maximum Gasteiger partial charge on any atom is 0.305 e. The molecule has 0 saturated carbocycles. The van der Waals surface area contributed by atoms with E-state index in [2.05, 4.69) is 0 Å². The number of carbonyl (C=O) groups excluding carboxylic acids is 1. The van der Waals surface area contributed by atoms with Crippen molar-refractivity contribution in [2.45, 2.75) is 13.3 Å². The molecule has 1 fully saturated rings. The molecule has 1 aliphatic rings. The second-order valence-corrected chi connectivity index (χ2v) is 4.66. The van der Waals surface area contributed by atoms with E-state index in [0.29, 0.717) is 19.2 Å². The standard InChI is InChI=1S/C12H12F2N2O3/c1-7-4-5-15(6-7)12(17)10-8(13)2-3-9(11(10)14)16(18)19/h2-3,7H,4-6H2,1H3. The molecule has 1 aromatic rings. The van der Waals surface area contributed by atoms with Crippen LogP contribution in [0.25, 0.3) is 0 Å². The lowest BCUT2D eigenvalue weighted by Crippen LogP contribution is -2.30. The van der Waals surface area contributed by atoms with Crippen LogP contribution in [0.15, 0.2) is 12.1 Å². The van der Waals surface area contributed by atoms with Gasteiger partial charge in [0.05, 0.1) is 4.92 Å². The monoisotopic (exact) mass is 270 g/mol. The average Bonchev–Trinajstić information content (AvgIpc) is 2.75. The Morgan fingerprint density at radius 2 is 2.16 bits per heavy atom. The maximum absolute atomic E-state index is 13.9. The largest absolute Gasteiger partial charge is 0.338 e. The summed E-state index contributed by atoms with van der Waals surface area (Å²) in [4.78, 5) is 23.0. The number of hydrogen-bond acceptors (Lipinski definition) is 3. The first-order chi connectivity index (χ1) is 8.91. The van der Waals surface area contributed by atoms with Crippen molar-refractivity contribution >= 4 is 11.6 Å². The molecule has 7 heteroatoms. The Hall–Kier alpha value is -2.05. The summed E-state index contributed by atoms with van der Waals surface area (Å²) in [5.41, 5.74) is -1.74. The first kappa shape index (κ1) is 13.4. The van der Waals surface area contributed by atoms with Crippen molar-refractivity contribution in [1.82, 2.24) is 4.90 Å². The van der Waals surface area contributed by atoms with Gasteiger partial charge in [0.25, 0.3) is 5.91 Å². The predicted octanol–water partition coefficient (Wildman–Crippen LogP) is 2.36. The third kappa shape index (κ3) is 2.40. The van der Waals surface area contributed by atoms with E-state index < -0.39 is 33.7 Å². The Kier molecular flexibility index (Phi) is 3.46. The van der Waals surface area contributed by atoms with Gasteiger partial charge in [-0.3, -0.25) is 14.9 Å². The molecule has 0 aromatic heterocycles. The van der Waals surface area contributed by atoms with Crippen LogP contribution in [0.4, 0.5) is 14.5 Å². The van der Waals surface area contributed by atoms with Gasteiger partial charge in [-0.05, 0) is 18.4 Å². The van der Waals surface area contributed by atoms with Gasteiger partial charge in [-0.25, -0.2) is 4.39 Å². The zero-order valence-electron chi connectivity index (χ0n) is 10.2. The van der Waals surface area contributed by atoms with Gasteiger partial charge in [-0.15, -0.1) is 0 Å². The first-order valence-corrected chi connectivity index (χ1v) is 5.83. The number of nitrogens with zero attached hydrogens (tertiary/aromatic N) is 2. The van der Waals surface area contributed by atoms with E-state index in [-0.39, 0.29) is 5.92 Å². The normalized spacial score (nSPS) is 18.7. The fourth-order valence-corrected chi connectivity index (χ4v) is 2.16. The van der Waals surface area contributed by atoms with Gasteiger partial charge < -0.3 is 4.90 Å². The van der Waals surface area contributed by atoms with E-state index in [1.165, 1.54) is 4.90 Å². The summed E-state index contributed by atoms with van der Waals surface area (Å²) < 4.78 is 27.4. The van der Waals surface area contributed by atoms with Crippen LogP contribution in [0.1, 0.15) is 23.7 Å². The smallest absolute Gasteiger partial charge is 0.305 e. The van der Waals surface area contributed by atoms with E-state index in [1.54, 1.807) is 0 Å². The van der Waals surface area contributed by atoms with Gasteiger partial charge in [-0.2, -0.15) is 4.39 Å². The summed E-state index contributed by atoms with van der Waals surface area (Å²) in [7, 11) is 0. The van der Waals surface area contributed by atoms with Crippen LogP contribution in [-0.4, -0.2) is 28.8 Å². The summed E-state index contributed by atoms with van der Waals surface area (Å²) in [5.74, 6) is -3.06. The quantitative estimate of drug-likeness (QED) is 0.612. The SMILES string of the molecule is CC1CCN(C(=O)c2c(F)ccc([N+](=O)[O-])c2F)C1. The van der Waals surface area contributed by atoms with Crippen molar-refractivity contribution in [3.8, 4) is 0 Å². The van der Waals surface area contributed by atoms with Crippen molar-refractivity contribution in [2.75, 3.05) is 13.1 Å². The summed E-state index contributed by atoms with van der Waals surface area (Å²) in [6.45, 7) is 2.73. The van der Waals surface area contributed by atoms with E-state index in [0.717, 1.165) is 12.5 Å². The Bertz CT molecular complexity index is 548. The number of halogens is 2. The molecule has 1 atom stereocenters. The minimum absolute atomic E-state index is 0.258. The number of benzene rings is 1. The molecule has 1 aliphatic heterocycles. The number of likely N-dealkylation sites (tertiary alicyclic amines) is 1. The van der Waals surface area contributed by atoms with Gasteiger partial charge >= 0.3 is 5.69 Å². The van der Waals surface area contributed by atoms with Crippen LogP contribution in [0.5, 0.6) is 0 Å². The molecule has 1 amide bonds. The maximum atomic E-state index is 13.9. The number of amides is 1. The van der Waals surface area contributed by atoms with Crippen molar-refractivity contribution < 1.29 is 18.5 Å². The molecule has 5 nitrogen and oxygen atoms in total. The molecule has 1 unspecified atom stereocenters. The fourth-order valence-electron chi connectivity index (χ4n) is 2.16. The van der Waals surface area contributed by atoms with Crippen LogP contribution >= 0.6 is 0 Å². The zero-order chi connectivity index (χ0) is 14.2. The van der Waals surface area contributed by atoms with Gasteiger partial charge in [0.1, 0.15) is 11.4 Å². The molecule has 1 heterocycles. The molecule has 102 valence electrons. The number of rotatable bonds is 2. The lowest BCUT2D eigenvalue weighted by molar-refractivity contribution is -0.387. The number of carbonyl (C=O) groups is 1. The van der Waals surface area contributed by atoms with Crippen molar-refractivity contribution in [1.29, 1.82) is 0 Å². The summed E-state index contributed by atoms with van der Waals surface area (Å²) in [5, 5.41) is 10.6. The molecule has 0 aliphatic carbocycles. The topological polar surface area (TPSA) is 63.5 Å². The van der Waals surface area contributed by atoms with Crippen LogP contribution in [-0.2, 0) is 0 Å². The fraction of sp³-hybridized carbons (Fsp3) is 0.417. The van der Waals surface area contributed by atoms with Crippen LogP contribution in [0, 0.1) is 27.7 Å². The third-order valence-corrected chi connectivity index (χ3v) is 3.19. The highest BCUT2D eigenvalue weighted by molar-refractivity contribution is 5.95. The first-order valence-electron chi connectivity index (χ1n) is 5.83. The molecule has 0 bridgehead atoms. The molecular weight excluding hydrogens is 258 g/mol. The molecule has 1 saturated heterocycles. The number of hydrogen-bond donors (Lipinski definition) is 0. The van der Waals surface area contributed by atoms with Gasteiger partial charge in [-0.1, -0.05) is 6.92 Å². The Morgan fingerprint density at radius 3 is 2.68 bits per heavy atom. The van der Waals surface area contributed by atoms with Crippen LogP contribution in [0.3, 0.4) is 0 Å². The highest BCUT2D eigenvalue weighted by Crippen LogP contribution is 2.26. The summed E-state index contributed by atoms with van der Waals surface area (Å²) in [6.07, 6.45) is 0.754. The van der Waals surface area contributed by atoms with E-state index in [4.69, 9.17) is 0 Å². The Morgan fingerprint density at radius 1 is 1.47 bits per heavy atom. The molecule has 1 aromatic carbocycles. The lowest BCUT2D eigenvalue weighted by Gasteiger charge is -2.16. The molecule has 0 N–H and O–H groups in total. The Labute approximate surface area is 108 Å². The van der Waals surface area contributed by atoms with Crippen molar-refractivity contribution in [3.63, 3.8) is 0 Å². The Balaban J connectivity index is 2.41. The second kappa shape index (κ2) is 4.91. The minimum atomic E-state index is -1.41. The highest BCUT2D eigenvalue weighted by Gasteiger charge is 2.31. The summed E-state index contributed by atoms with van der Waals surface area (Å²) in [6, 6.07) is 1.46. The number of nitro groups is 1. The van der Waals surface area contributed by atoms with E-state index in [1.807, 2.05) is 6.92 Å². The predicted molar refractivity (Wildman–Crippen MR) is 62.7 cm³/mol. The summed E-state index contributed by atoms with van der Waals surface area (Å²) >= 11 is 0. The molecule has 0 radical (unpaired) electrons. The second-order valence-electron chi connectivity index (χ2n) is 4.66. The zero-order valence-corrected chi connectivity index (χ0v) is 10.2. The highest BCUT2D eigenvalue weighted by atomic mass is 19.1. The number of nitro benzene ring substituents is 1. The molecule has 2 rings (SSSR count). The van der Waals surface area contributed by atoms with Gasteiger partial charge in [0.15, 0.2) is 0 Å². The van der Waals surface area contributed by atoms with E-state index in [9.17, 15) is 23.7 Å². The average molecular weight is 270 g/mol. The lowest BCUT2D eigenvalue weighted by atomic mass is 10.1. The molecular formula is C12H12F2N2O3.